The van der Waals surface area contributed by atoms with E-state index in [1.54, 1.807) is 18.2 Å². The fourth-order valence-electron chi connectivity index (χ4n) is 1.20. The summed E-state index contributed by atoms with van der Waals surface area (Å²) in [5.41, 5.74) is 0.854. The van der Waals surface area contributed by atoms with Crippen molar-refractivity contribution >= 4 is 46.1 Å². The fraction of sp³-hybridized carbons (Fsp3) is 0.182. The highest BCUT2D eigenvalue weighted by Crippen LogP contribution is 2.28. The molecule has 0 aliphatic rings. The zero-order chi connectivity index (χ0) is 12.3. The first kappa shape index (κ1) is 13.0. The first-order valence-corrected chi connectivity index (χ1v) is 6.93. The molecule has 2 rings (SSSR count). The van der Waals surface area contributed by atoms with Crippen molar-refractivity contribution in [2.75, 3.05) is 0 Å². The normalized spacial score (nSPS) is 10.5. The highest BCUT2D eigenvalue weighted by molar-refractivity contribution is 7.09. The van der Waals surface area contributed by atoms with Crippen LogP contribution in [-0.4, -0.2) is 4.98 Å². The van der Waals surface area contributed by atoms with E-state index in [1.807, 2.05) is 5.38 Å². The van der Waals surface area contributed by atoms with Crippen LogP contribution < -0.4 is 4.74 Å². The van der Waals surface area contributed by atoms with E-state index in [-0.39, 0.29) is 0 Å². The molecule has 1 aromatic heterocycles. The highest BCUT2D eigenvalue weighted by atomic mass is 35.5. The van der Waals surface area contributed by atoms with Gasteiger partial charge in [0, 0.05) is 16.5 Å². The van der Waals surface area contributed by atoms with Crippen LogP contribution >= 0.6 is 46.1 Å². The van der Waals surface area contributed by atoms with Gasteiger partial charge in [-0.05, 0) is 12.1 Å². The number of alkyl halides is 1. The van der Waals surface area contributed by atoms with Gasteiger partial charge in [-0.3, -0.25) is 0 Å². The predicted molar refractivity (Wildman–Crippen MR) is 72.5 cm³/mol. The molecule has 90 valence electrons. The van der Waals surface area contributed by atoms with Gasteiger partial charge < -0.3 is 4.74 Å². The van der Waals surface area contributed by atoms with E-state index in [0.717, 1.165) is 10.7 Å². The Kier molecular flexibility index (Phi) is 4.51. The third kappa shape index (κ3) is 3.49. The van der Waals surface area contributed by atoms with Crippen molar-refractivity contribution in [2.45, 2.75) is 12.5 Å². The molecule has 0 amide bonds. The third-order valence-electron chi connectivity index (χ3n) is 1.98. The molecule has 0 unspecified atom stereocenters. The Labute approximate surface area is 118 Å². The highest BCUT2D eigenvalue weighted by Gasteiger charge is 2.05. The molecule has 0 aliphatic carbocycles. The van der Waals surface area contributed by atoms with E-state index in [4.69, 9.17) is 39.5 Å². The second-order valence-corrected chi connectivity index (χ2v) is 5.28. The lowest BCUT2D eigenvalue weighted by molar-refractivity contribution is 0.305. The van der Waals surface area contributed by atoms with Crippen LogP contribution in [0.4, 0.5) is 0 Å². The summed E-state index contributed by atoms with van der Waals surface area (Å²) in [6.45, 7) is 0.363. The number of hydrogen-bond donors (Lipinski definition) is 0. The van der Waals surface area contributed by atoms with Gasteiger partial charge in [0.1, 0.15) is 17.4 Å². The molecule has 1 aromatic carbocycles. The molecule has 2 nitrogen and oxygen atoms in total. The van der Waals surface area contributed by atoms with E-state index in [0.29, 0.717) is 28.3 Å². The minimum Gasteiger partial charge on any atom is -0.485 e. The molecule has 0 bridgehead atoms. The van der Waals surface area contributed by atoms with Crippen LogP contribution in [0.15, 0.2) is 23.6 Å². The van der Waals surface area contributed by atoms with E-state index < -0.39 is 0 Å². The third-order valence-corrected chi connectivity index (χ3v) is 3.67. The Morgan fingerprint density at radius 2 is 2.12 bits per heavy atom. The van der Waals surface area contributed by atoms with Gasteiger partial charge >= 0.3 is 0 Å². The molecule has 0 atom stereocenters. The van der Waals surface area contributed by atoms with Gasteiger partial charge in [0.05, 0.1) is 16.6 Å². The van der Waals surface area contributed by atoms with E-state index in [9.17, 15) is 0 Å². The fourth-order valence-corrected chi connectivity index (χ4v) is 2.47. The molecule has 0 saturated carbocycles. The van der Waals surface area contributed by atoms with Crippen molar-refractivity contribution in [3.63, 3.8) is 0 Å². The molecule has 0 fully saturated rings. The minimum absolute atomic E-state index is 0.363. The maximum absolute atomic E-state index is 5.97. The standard InChI is InChI=1S/C11H8Cl3NOS/c12-4-8-6-17-11(15-8)5-16-10-3-7(13)1-2-9(10)14/h1-3,6H,4-5H2. The topological polar surface area (TPSA) is 22.1 Å². The molecule has 6 heteroatoms. The van der Waals surface area contributed by atoms with Crippen molar-refractivity contribution < 1.29 is 4.74 Å². The lowest BCUT2D eigenvalue weighted by Crippen LogP contribution is -1.95. The monoisotopic (exact) mass is 307 g/mol. The van der Waals surface area contributed by atoms with Gasteiger partial charge in [0.25, 0.3) is 0 Å². The Morgan fingerprint density at radius 3 is 2.82 bits per heavy atom. The Morgan fingerprint density at radius 1 is 1.29 bits per heavy atom. The van der Waals surface area contributed by atoms with Gasteiger partial charge in [-0.2, -0.15) is 0 Å². The number of nitrogens with zero attached hydrogens (tertiary/aromatic N) is 1. The van der Waals surface area contributed by atoms with E-state index in [1.165, 1.54) is 11.3 Å². The Balaban J connectivity index is 2.04. The average molecular weight is 309 g/mol. The van der Waals surface area contributed by atoms with Crippen LogP contribution in [-0.2, 0) is 12.5 Å². The number of benzene rings is 1. The summed E-state index contributed by atoms with van der Waals surface area (Å²) in [4.78, 5) is 4.28. The molecule has 2 aromatic rings. The SMILES string of the molecule is ClCc1csc(COc2cc(Cl)ccc2Cl)n1. The van der Waals surface area contributed by atoms with Crippen molar-refractivity contribution in [3.05, 3.63) is 44.3 Å². The molecule has 0 N–H and O–H groups in total. The summed E-state index contributed by atoms with van der Waals surface area (Å²) in [5.74, 6) is 0.968. The largest absolute Gasteiger partial charge is 0.485 e. The molecule has 0 spiro atoms. The lowest BCUT2D eigenvalue weighted by atomic mass is 10.3. The molecule has 17 heavy (non-hydrogen) atoms. The summed E-state index contributed by atoms with van der Waals surface area (Å²) in [7, 11) is 0. The maximum Gasteiger partial charge on any atom is 0.140 e. The van der Waals surface area contributed by atoms with Gasteiger partial charge in [-0.25, -0.2) is 4.98 Å². The van der Waals surface area contributed by atoms with Crippen LogP contribution in [0.5, 0.6) is 5.75 Å². The van der Waals surface area contributed by atoms with Gasteiger partial charge in [0.2, 0.25) is 0 Å². The number of thiazole rings is 1. The second kappa shape index (κ2) is 5.91. The Hall–Kier alpha value is -0.480. The number of halogens is 3. The quantitative estimate of drug-likeness (QED) is 0.759. The lowest BCUT2D eigenvalue weighted by Gasteiger charge is -2.06. The van der Waals surface area contributed by atoms with E-state index in [2.05, 4.69) is 4.98 Å². The smallest absolute Gasteiger partial charge is 0.140 e. The number of ether oxygens (including phenoxy) is 1. The molecule has 0 radical (unpaired) electrons. The van der Waals surface area contributed by atoms with Crippen molar-refractivity contribution in [1.82, 2.24) is 4.98 Å². The van der Waals surface area contributed by atoms with Crippen molar-refractivity contribution in [3.8, 4) is 5.75 Å². The summed E-state index contributed by atoms with van der Waals surface area (Å²) in [6, 6.07) is 5.09. The first-order chi connectivity index (χ1) is 8.19. The molecular weight excluding hydrogens is 301 g/mol. The summed E-state index contributed by atoms with van der Waals surface area (Å²) in [6.07, 6.45) is 0. The zero-order valence-electron chi connectivity index (χ0n) is 8.62. The first-order valence-electron chi connectivity index (χ1n) is 4.76. The molecule has 0 aliphatic heterocycles. The van der Waals surface area contributed by atoms with Gasteiger partial charge in [-0.1, -0.05) is 23.2 Å². The maximum atomic E-state index is 5.97. The Bertz CT molecular complexity index is 515. The van der Waals surface area contributed by atoms with Gasteiger partial charge in [-0.15, -0.1) is 22.9 Å². The molecular formula is C11H8Cl3NOS. The number of hydrogen-bond acceptors (Lipinski definition) is 3. The molecule has 1 heterocycles. The second-order valence-electron chi connectivity index (χ2n) is 3.23. The van der Waals surface area contributed by atoms with Crippen LogP contribution in [0.1, 0.15) is 10.7 Å². The van der Waals surface area contributed by atoms with Gasteiger partial charge in [0.15, 0.2) is 0 Å². The summed E-state index contributed by atoms with van der Waals surface area (Å²) < 4.78 is 5.55. The van der Waals surface area contributed by atoms with E-state index >= 15 is 0 Å². The zero-order valence-corrected chi connectivity index (χ0v) is 11.7. The number of rotatable bonds is 4. The van der Waals surface area contributed by atoms with Crippen molar-refractivity contribution in [1.29, 1.82) is 0 Å². The minimum atomic E-state index is 0.363. The number of aromatic nitrogens is 1. The molecule has 0 saturated heterocycles. The predicted octanol–water partition coefficient (Wildman–Crippen LogP) is 4.77. The summed E-state index contributed by atoms with van der Waals surface area (Å²) in [5, 5.41) is 3.89. The van der Waals surface area contributed by atoms with Crippen molar-refractivity contribution in [2.24, 2.45) is 0 Å². The van der Waals surface area contributed by atoms with Crippen LogP contribution in [0.25, 0.3) is 0 Å². The van der Waals surface area contributed by atoms with Crippen LogP contribution in [0.3, 0.4) is 0 Å². The van der Waals surface area contributed by atoms with Crippen LogP contribution in [0.2, 0.25) is 10.0 Å². The van der Waals surface area contributed by atoms with Crippen LogP contribution in [0, 0.1) is 0 Å². The average Bonchev–Trinajstić information content (AvgIpc) is 2.78. The summed E-state index contributed by atoms with van der Waals surface area (Å²) >= 11 is 19.0.